The van der Waals surface area contributed by atoms with Crippen molar-refractivity contribution in [3.05, 3.63) is 63.1 Å². The summed E-state index contributed by atoms with van der Waals surface area (Å²) in [6, 6.07) is 11.7. The van der Waals surface area contributed by atoms with Gasteiger partial charge in [-0.25, -0.2) is 0 Å². The predicted molar refractivity (Wildman–Crippen MR) is 116 cm³/mol. The third-order valence-electron chi connectivity index (χ3n) is 5.85. The molecular weight excluding hydrogens is 393 g/mol. The normalized spacial score (nSPS) is 20.6. The van der Waals surface area contributed by atoms with Gasteiger partial charge in [-0.3, -0.25) is 9.69 Å². The number of piperazine rings is 1. The summed E-state index contributed by atoms with van der Waals surface area (Å²) in [6.45, 7) is 4.37. The van der Waals surface area contributed by atoms with Gasteiger partial charge >= 0.3 is 0 Å². The van der Waals surface area contributed by atoms with Crippen LogP contribution in [0.25, 0.3) is 0 Å². The number of nitrogens with one attached hydrogen (secondary N) is 1. The number of anilines is 1. The van der Waals surface area contributed by atoms with E-state index in [1.165, 1.54) is 17.5 Å². The number of nitrogens with zero attached hydrogens (tertiary/aromatic N) is 2. The topological polar surface area (TPSA) is 35.6 Å². The van der Waals surface area contributed by atoms with E-state index >= 15 is 0 Å². The Bertz CT molecular complexity index is 878. The number of rotatable bonds is 3. The molecule has 1 atom stereocenters. The van der Waals surface area contributed by atoms with E-state index in [9.17, 15) is 4.79 Å². The largest absolute Gasteiger partial charge is 0.322 e. The van der Waals surface area contributed by atoms with E-state index in [1.54, 1.807) is 18.2 Å². The lowest BCUT2D eigenvalue weighted by molar-refractivity contribution is 0.101. The Hall–Kier alpha value is -1.59. The minimum absolute atomic E-state index is 0.121. The number of likely N-dealkylation sites (N-methyl/N-ethyl adjacent to an activating group) is 1. The molecule has 0 bridgehead atoms. The molecule has 4 rings (SSSR count). The van der Waals surface area contributed by atoms with Gasteiger partial charge in [-0.05, 0) is 67.8 Å². The maximum atomic E-state index is 12.8. The standard InChI is InChI=1S/C22H25Cl2N3O/c1-26-9-11-27(12-10-26)21-4-2-3-15-5-6-16(13-18(15)21)22(28)25-17-7-8-19(23)20(24)14-17/h5-8,13-14,21H,2-4,9-12H2,1H3,(H,25,28). The summed E-state index contributed by atoms with van der Waals surface area (Å²) in [5, 5.41) is 3.84. The first-order chi connectivity index (χ1) is 13.5. The van der Waals surface area contributed by atoms with Gasteiger partial charge in [-0.2, -0.15) is 0 Å². The van der Waals surface area contributed by atoms with E-state index in [0.29, 0.717) is 27.3 Å². The van der Waals surface area contributed by atoms with Crippen molar-refractivity contribution in [1.82, 2.24) is 9.80 Å². The zero-order valence-electron chi connectivity index (χ0n) is 16.0. The molecule has 1 amide bonds. The maximum absolute atomic E-state index is 12.8. The predicted octanol–water partition coefficient (Wildman–Crippen LogP) is 4.87. The molecule has 0 radical (unpaired) electrons. The van der Waals surface area contributed by atoms with E-state index in [4.69, 9.17) is 23.2 Å². The fourth-order valence-electron chi connectivity index (χ4n) is 4.21. The second-order valence-electron chi connectivity index (χ2n) is 7.74. The third kappa shape index (κ3) is 4.20. The molecule has 1 aliphatic carbocycles. The molecule has 148 valence electrons. The first-order valence-electron chi connectivity index (χ1n) is 9.83. The molecule has 2 aromatic carbocycles. The van der Waals surface area contributed by atoms with Gasteiger partial charge in [0.1, 0.15) is 0 Å². The molecule has 1 fully saturated rings. The van der Waals surface area contributed by atoms with Crippen molar-refractivity contribution >= 4 is 34.8 Å². The van der Waals surface area contributed by atoms with Crippen LogP contribution in [0.1, 0.15) is 40.4 Å². The number of aryl methyl sites for hydroxylation is 1. The Balaban J connectivity index is 1.55. The highest BCUT2D eigenvalue weighted by Crippen LogP contribution is 2.35. The number of hydrogen-bond acceptors (Lipinski definition) is 3. The van der Waals surface area contributed by atoms with Crippen molar-refractivity contribution < 1.29 is 4.79 Å². The van der Waals surface area contributed by atoms with Gasteiger partial charge in [-0.1, -0.05) is 29.3 Å². The highest BCUT2D eigenvalue weighted by atomic mass is 35.5. The molecule has 1 aliphatic heterocycles. The highest BCUT2D eigenvalue weighted by Gasteiger charge is 2.28. The van der Waals surface area contributed by atoms with Gasteiger partial charge in [0.05, 0.1) is 10.0 Å². The van der Waals surface area contributed by atoms with Crippen molar-refractivity contribution in [2.75, 3.05) is 38.5 Å². The molecule has 6 heteroatoms. The minimum Gasteiger partial charge on any atom is -0.322 e. The second kappa shape index (κ2) is 8.42. The van der Waals surface area contributed by atoms with Crippen molar-refractivity contribution in [3.63, 3.8) is 0 Å². The fourth-order valence-corrected chi connectivity index (χ4v) is 4.50. The van der Waals surface area contributed by atoms with Crippen LogP contribution < -0.4 is 5.32 Å². The van der Waals surface area contributed by atoms with E-state index in [2.05, 4.69) is 34.3 Å². The molecule has 1 N–H and O–H groups in total. The van der Waals surface area contributed by atoms with Gasteiger partial charge in [0.25, 0.3) is 5.91 Å². The summed E-state index contributed by atoms with van der Waals surface area (Å²) in [5.41, 5.74) is 4.03. The van der Waals surface area contributed by atoms with Crippen molar-refractivity contribution in [2.45, 2.75) is 25.3 Å². The van der Waals surface area contributed by atoms with Gasteiger partial charge in [-0.15, -0.1) is 0 Å². The van der Waals surface area contributed by atoms with Gasteiger partial charge in [0, 0.05) is 43.5 Å². The lowest BCUT2D eigenvalue weighted by atomic mass is 9.85. The van der Waals surface area contributed by atoms with Crippen LogP contribution in [-0.4, -0.2) is 48.9 Å². The van der Waals surface area contributed by atoms with Crippen LogP contribution in [0.5, 0.6) is 0 Å². The first-order valence-corrected chi connectivity index (χ1v) is 10.6. The lowest BCUT2D eigenvalue weighted by Crippen LogP contribution is -2.46. The molecule has 0 spiro atoms. The summed E-state index contributed by atoms with van der Waals surface area (Å²) in [6.07, 6.45) is 3.46. The maximum Gasteiger partial charge on any atom is 0.255 e. The van der Waals surface area contributed by atoms with Crippen LogP contribution >= 0.6 is 23.2 Å². The molecule has 4 nitrogen and oxygen atoms in total. The van der Waals surface area contributed by atoms with Gasteiger partial charge < -0.3 is 10.2 Å². The van der Waals surface area contributed by atoms with Crippen molar-refractivity contribution in [2.24, 2.45) is 0 Å². The average Bonchev–Trinajstić information content (AvgIpc) is 2.70. The monoisotopic (exact) mass is 417 g/mol. The number of hydrogen-bond donors (Lipinski definition) is 1. The van der Waals surface area contributed by atoms with Crippen LogP contribution in [0.15, 0.2) is 36.4 Å². The third-order valence-corrected chi connectivity index (χ3v) is 6.59. The van der Waals surface area contributed by atoms with Crippen LogP contribution in [-0.2, 0) is 6.42 Å². The van der Waals surface area contributed by atoms with E-state index < -0.39 is 0 Å². The van der Waals surface area contributed by atoms with Crippen LogP contribution in [0.4, 0.5) is 5.69 Å². The Kier molecular flexibility index (Phi) is 5.93. The number of carbonyl (C=O) groups excluding carboxylic acids is 1. The second-order valence-corrected chi connectivity index (χ2v) is 8.56. The highest BCUT2D eigenvalue weighted by molar-refractivity contribution is 6.42. The van der Waals surface area contributed by atoms with Gasteiger partial charge in [0.15, 0.2) is 0 Å². The molecule has 2 aliphatic rings. The average molecular weight is 418 g/mol. The molecular formula is C22H25Cl2N3O. The summed E-state index contributed by atoms with van der Waals surface area (Å²) in [5.74, 6) is -0.121. The van der Waals surface area contributed by atoms with Crippen LogP contribution in [0.3, 0.4) is 0 Å². The molecule has 0 saturated carbocycles. The molecule has 2 aromatic rings. The smallest absolute Gasteiger partial charge is 0.255 e. The Labute approximate surface area is 176 Å². The zero-order chi connectivity index (χ0) is 19.7. The fraction of sp³-hybridized carbons (Fsp3) is 0.409. The molecule has 1 heterocycles. The molecule has 1 unspecified atom stereocenters. The number of carbonyl (C=O) groups is 1. The van der Waals surface area contributed by atoms with Crippen molar-refractivity contribution in [3.8, 4) is 0 Å². The summed E-state index contributed by atoms with van der Waals surface area (Å²) >= 11 is 12.0. The van der Waals surface area contributed by atoms with Crippen molar-refractivity contribution in [1.29, 1.82) is 0 Å². The van der Waals surface area contributed by atoms with Gasteiger partial charge in [0.2, 0.25) is 0 Å². The molecule has 28 heavy (non-hydrogen) atoms. The number of fused-ring (bicyclic) bond motifs is 1. The zero-order valence-corrected chi connectivity index (χ0v) is 17.6. The SMILES string of the molecule is CN1CCN(C2CCCc3ccc(C(=O)Nc4ccc(Cl)c(Cl)c4)cc32)CC1. The van der Waals surface area contributed by atoms with E-state index in [-0.39, 0.29) is 5.91 Å². The summed E-state index contributed by atoms with van der Waals surface area (Å²) in [4.78, 5) is 17.8. The van der Waals surface area contributed by atoms with Crippen LogP contribution in [0, 0.1) is 0 Å². The molecule has 1 saturated heterocycles. The lowest BCUT2D eigenvalue weighted by Gasteiger charge is -2.40. The Morgan fingerprint density at radius 1 is 1.04 bits per heavy atom. The quantitative estimate of drug-likeness (QED) is 0.773. The minimum atomic E-state index is -0.121. The Morgan fingerprint density at radius 2 is 1.82 bits per heavy atom. The summed E-state index contributed by atoms with van der Waals surface area (Å²) in [7, 11) is 2.18. The first kappa shape index (κ1) is 19.7. The number of amides is 1. The number of benzene rings is 2. The van der Waals surface area contributed by atoms with E-state index in [1.807, 2.05) is 6.07 Å². The summed E-state index contributed by atoms with van der Waals surface area (Å²) < 4.78 is 0. The van der Waals surface area contributed by atoms with Crippen LogP contribution in [0.2, 0.25) is 10.0 Å². The number of halogens is 2. The Morgan fingerprint density at radius 3 is 2.57 bits per heavy atom. The van der Waals surface area contributed by atoms with E-state index in [0.717, 1.165) is 39.0 Å². The molecule has 0 aromatic heterocycles.